The van der Waals surface area contributed by atoms with E-state index in [9.17, 15) is 4.21 Å². The Morgan fingerprint density at radius 1 is 1.50 bits per heavy atom. The molecular weight excluding hydrogens is 172 g/mol. The molecule has 0 radical (unpaired) electrons. The van der Waals surface area contributed by atoms with Crippen LogP contribution < -0.4 is 0 Å². The fourth-order valence-corrected chi connectivity index (χ4v) is 2.26. The molecular formula is C9H10O2S. The third kappa shape index (κ3) is 1.30. The van der Waals surface area contributed by atoms with Gasteiger partial charge in [-0.3, -0.25) is 4.18 Å². The second kappa shape index (κ2) is 2.99. The molecule has 1 aromatic rings. The van der Waals surface area contributed by atoms with Crippen LogP contribution in [0.5, 0.6) is 0 Å². The molecule has 3 heteroatoms. The highest BCUT2D eigenvalue weighted by Gasteiger charge is 2.15. The number of fused-ring (bicyclic) bond motifs is 1. The van der Waals surface area contributed by atoms with Crippen LogP contribution in [-0.4, -0.2) is 4.21 Å². The van der Waals surface area contributed by atoms with E-state index in [4.69, 9.17) is 4.18 Å². The minimum absolute atomic E-state index is 0.495. The van der Waals surface area contributed by atoms with Crippen molar-refractivity contribution in [3.63, 3.8) is 0 Å². The van der Waals surface area contributed by atoms with E-state index in [1.54, 1.807) is 0 Å². The maximum absolute atomic E-state index is 11.0. The molecule has 1 heterocycles. The molecule has 0 aliphatic carbocycles. The van der Waals surface area contributed by atoms with Crippen LogP contribution >= 0.6 is 0 Å². The van der Waals surface area contributed by atoms with Crippen molar-refractivity contribution in [2.75, 3.05) is 0 Å². The van der Waals surface area contributed by atoms with E-state index in [-0.39, 0.29) is 0 Å². The van der Waals surface area contributed by atoms with E-state index >= 15 is 0 Å². The predicted molar refractivity (Wildman–Crippen MR) is 47.8 cm³/mol. The van der Waals surface area contributed by atoms with Crippen LogP contribution in [0.25, 0.3) is 0 Å². The first-order valence-corrected chi connectivity index (χ1v) is 5.11. The Morgan fingerprint density at radius 2 is 2.33 bits per heavy atom. The molecule has 0 amide bonds. The summed E-state index contributed by atoms with van der Waals surface area (Å²) in [5.41, 5.74) is 3.60. The summed E-state index contributed by atoms with van der Waals surface area (Å²) >= 11 is -1.11. The van der Waals surface area contributed by atoms with Gasteiger partial charge in [0.15, 0.2) is 11.1 Å². The number of hydrogen-bond donors (Lipinski definition) is 0. The fourth-order valence-electron chi connectivity index (χ4n) is 1.40. The summed E-state index contributed by atoms with van der Waals surface area (Å²) < 4.78 is 16.1. The summed E-state index contributed by atoms with van der Waals surface area (Å²) in [7, 11) is 0. The molecule has 0 bridgehead atoms. The molecule has 1 aromatic carbocycles. The maximum atomic E-state index is 11.0. The summed E-state index contributed by atoms with van der Waals surface area (Å²) in [6, 6.07) is 6.07. The van der Waals surface area contributed by atoms with Gasteiger partial charge in [0.1, 0.15) is 0 Å². The lowest BCUT2D eigenvalue weighted by Crippen LogP contribution is -2.11. The van der Waals surface area contributed by atoms with Crippen molar-refractivity contribution in [1.82, 2.24) is 0 Å². The van der Waals surface area contributed by atoms with Gasteiger partial charge >= 0.3 is 0 Å². The molecule has 0 fully saturated rings. The van der Waals surface area contributed by atoms with Crippen molar-refractivity contribution in [3.8, 4) is 0 Å². The van der Waals surface area contributed by atoms with Crippen LogP contribution in [0, 0.1) is 6.92 Å². The van der Waals surface area contributed by atoms with Gasteiger partial charge in [0, 0.05) is 0 Å². The monoisotopic (exact) mass is 182 g/mol. The summed E-state index contributed by atoms with van der Waals surface area (Å²) in [4.78, 5) is 0. The molecule has 2 rings (SSSR count). The zero-order valence-corrected chi connectivity index (χ0v) is 7.69. The highest BCUT2D eigenvalue weighted by molar-refractivity contribution is 7.79. The van der Waals surface area contributed by atoms with Gasteiger partial charge in [-0.25, -0.2) is 4.21 Å². The Balaban J connectivity index is 2.48. The highest BCUT2D eigenvalue weighted by atomic mass is 32.2. The number of aryl methyl sites for hydroxylation is 1. The number of rotatable bonds is 0. The standard InChI is InChI=1S/C9H10O2S/c1-7-3-2-4-8-6-12(10)11-5-9(7)8/h2-4H,5-6H2,1H3. The molecule has 0 N–H and O–H groups in total. The van der Waals surface area contributed by atoms with Crippen molar-refractivity contribution in [2.24, 2.45) is 0 Å². The molecule has 1 aliphatic rings. The molecule has 64 valence electrons. The van der Waals surface area contributed by atoms with Crippen molar-refractivity contribution in [3.05, 3.63) is 34.9 Å². The quantitative estimate of drug-likeness (QED) is 0.610. The summed E-state index contributed by atoms with van der Waals surface area (Å²) in [5.74, 6) is 0.539. The maximum Gasteiger partial charge on any atom is 0.160 e. The Bertz CT molecular complexity index is 333. The molecule has 1 atom stereocenters. The summed E-state index contributed by atoms with van der Waals surface area (Å²) in [6.45, 7) is 2.55. The normalized spacial score (nSPS) is 21.9. The topological polar surface area (TPSA) is 26.3 Å². The zero-order chi connectivity index (χ0) is 8.55. The van der Waals surface area contributed by atoms with E-state index in [0.29, 0.717) is 12.4 Å². The van der Waals surface area contributed by atoms with Crippen molar-refractivity contribution in [1.29, 1.82) is 0 Å². The SMILES string of the molecule is Cc1cccc2c1COS(=O)C2. The first-order valence-electron chi connectivity index (χ1n) is 3.86. The number of hydrogen-bond acceptors (Lipinski definition) is 2. The van der Waals surface area contributed by atoms with Gasteiger partial charge in [-0.15, -0.1) is 0 Å². The smallest absolute Gasteiger partial charge is 0.160 e. The predicted octanol–water partition coefficient (Wildman–Crippen LogP) is 1.69. The third-order valence-corrected chi connectivity index (χ3v) is 3.04. The van der Waals surface area contributed by atoms with E-state index in [1.807, 2.05) is 12.1 Å². The highest BCUT2D eigenvalue weighted by Crippen LogP contribution is 2.22. The van der Waals surface area contributed by atoms with Gasteiger partial charge in [0.05, 0.1) is 12.4 Å². The minimum atomic E-state index is -1.11. The van der Waals surface area contributed by atoms with Crippen molar-refractivity contribution < 1.29 is 8.39 Å². The molecule has 1 unspecified atom stereocenters. The van der Waals surface area contributed by atoms with Gasteiger partial charge in [0.2, 0.25) is 0 Å². The van der Waals surface area contributed by atoms with E-state index in [1.165, 1.54) is 16.7 Å². The van der Waals surface area contributed by atoms with Gasteiger partial charge < -0.3 is 0 Å². The Labute approximate surface area is 74.2 Å². The van der Waals surface area contributed by atoms with Crippen LogP contribution in [0.2, 0.25) is 0 Å². The molecule has 0 spiro atoms. The average Bonchev–Trinajstić information content (AvgIpc) is 2.04. The van der Waals surface area contributed by atoms with E-state index in [2.05, 4.69) is 13.0 Å². The molecule has 1 aliphatic heterocycles. The van der Waals surface area contributed by atoms with Gasteiger partial charge in [-0.1, -0.05) is 18.2 Å². The van der Waals surface area contributed by atoms with E-state index < -0.39 is 11.1 Å². The zero-order valence-electron chi connectivity index (χ0n) is 6.87. The average molecular weight is 182 g/mol. The minimum Gasteiger partial charge on any atom is -0.285 e. The third-order valence-electron chi connectivity index (χ3n) is 2.12. The van der Waals surface area contributed by atoms with Crippen LogP contribution in [0.1, 0.15) is 16.7 Å². The van der Waals surface area contributed by atoms with Crippen molar-refractivity contribution >= 4 is 11.1 Å². The first kappa shape index (κ1) is 7.95. The second-order valence-corrected chi connectivity index (χ2v) is 4.05. The number of benzene rings is 1. The lowest BCUT2D eigenvalue weighted by atomic mass is 10.0. The van der Waals surface area contributed by atoms with Crippen LogP contribution in [0.4, 0.5) is 0 Å². The Hall–Kier alpha value is -0.670. The summed E-state index contributed by atoms with van der Waals surface area (Å²) in [5, 5.41) is 0. The van der Waals surface area contributed by atoms with Crippen LogP contribution in [0.3, 0.4) is 0 Å². The van der Waals surface area contributed by atoms with Gasteiger partial charge in [0.25, 0.3) is 0 Å². The molecule has 0 aromatic heterocycles. The first-order chi connectivity index (χ1) is 5.77. The Kier molecular flexibility index (Phi) is 1.98. The van der Waals surface area contributed by atoms with Crippen LogP contribution in [0.15, 0.2) is 18.2 Å². The fraction of sp³-hybridized carbons (Fsp3) is 0.333. The second-order valence-electron chi connectivity index (χ2n) is 2.92. The van der Waals surface area contributed by atoms with E-state index in [0.717, 1.165) is 0 Å². The van der Waals surface area contributed by atoms with Crippen LogP contribution in [-0.2, 0) is 27.6 Å². The molecule has 2 nitrogen and oxygen atoms in total. The molecule has 0 saturated heterocycles. The largest absolute Gasteiger partial charge is 0.285 e. The summed E-state index contributed by atoms with van der Waals surface area (Å²) in [6.07, 6.45) is 0. The molecule has 12 heavy (non-hydrogen) atoms. The van der Waals surface area contributed by atoms with Gasteiger partial charge in [-0.05, 0) is 23.6 Å². The lowest BCUT2D eigenvalue weighted by Gasteiger charge is -2.16. The lowest BCUT2D eigenvalue weighted by molar-refractivity contribution is 0.327. The molecule has 0 saturated carbocycles. The Morgan fingerprint density at radius 3 is 3.17 bits per heavy atom. The van der Waals surface area contributed by atoms with Gasteiger partial charge in [-0.2, -0.15) is 0 Å². The van der Waals surface area contributed by atoms with Crippen molar-refractivity contribution in [2.45, 2.75) is 19.3 Å².